The van der Waals surface area contributed by atoms with Gasteiger partial charge in [-0.05, 0) is 13.0 Å². The molecule has 1 aromatic heterocycles. The zero-order valence-electron chi connectivity index (χ0n) is 10.1. The van der Waals surface area contributed by atoms with Crippen LogP contribution in [0.25, 0.3) is 6.08 Å². The van der Waals surface area contributed by atoms with Crippen molar-refractivity contribution in [3.05, 3.63) is 24.0 Å². The zero-order chi connectivity index (χ0) is 12.7. The lowest BCUT2D eigenvalue weighted by Crippen LogP contribution is -1.99. The van der Waals surface area contributed by atoms with Crippen LogP contribution < -0.4 is 9.47 Å². The summed E-state index contributed by atoms with van der Waals surface area (Å²) >= 11 is 0. The molecule has 1 heterocycles. The number of hydrogen-bond acceptors (Lipinski definition) is 5. The molecule has 17 heavy (non-hydrogen) atoms. The second kappa shape index (κ2) is 6.52. The minimum atomic E-state index is -0.409. The van der Waals surface area contributed by atoms with Gasteiger partial charge in [0.1, 0.15) is 11.5 Å². The summed E-state index contributed by atoms with van der Waals surface area (Å²) in [5.74, 6) is 0.656. The summed E-state index contributed by atoms with van der Waals surface area (Å²) in [6, 6.07) is 0. The Morgan fingerprint density at radius 2 is 1.88 bits per heavy atom. The SMILES string of the molecule is CCOC(=O)C=Cc1c(OC)cncc1OC. The third-order valence-corrected chi connectivity index (χ3v) is 2.03. The lowest BCUT2D eigenvalue weighted by molar-refractivity contribution is -0.137. The Hall–Kier alpha value is -2.04. The molecule has 0 saturated carbocycles. The first-order valence-electron chi connectivity index (χ1n) is 5.13. The summed E-state index contributed by atoms with van der Waals surface area (Å²) in [6.45, 7) is 2.09. The summed E-state index contributed by atoms with van der Waals surface area (Å²) in [6.07, 6.45) is 6.00. The first-order chi connectivity index (χ1) is 8.22. The van der Waals surface area contributed by atoms with Crippen molar-refractivity contribution < 1.29 is 19.0 Å². The molecule has 0 aromatic carbocycles. The first kappa shape index (κ1) is 13.0. The van der Waals surface area contributed by atoms with Crippen LogP contribution in [0.3, 0.4) is 0 Å². The monoisotopic (exact) mass is 237 g/mol. The van der Waals surface area contributed by atoms with Crippen molar-refractivity contribution >= 4 is 12.0 Å². The number of carbonyl (C=O) groups is 1. The van der Waals surface area contributed by atoms with Crippen LogP contribution >= 0.6 is 0 Å². The molecule has 0 aliphatic carbocycles. The van der Waals surface area contributed by atoms with Gasteiger partial charge < -0.3 is 14.2 Å². The van der Waals surface area contributed by atoms with Gasteiger partial charge in [0.05, 0.1) is 38.8 Å². The van der Waals surface area contributed by atoms with E-state index in [9.17, 15) is 4.79 Å². The molecule has 0 saturated heterocycles. The molecule has 0 amide bonds. The minimum Gasteiger partial charge on any atom is -0.494 e. The Kier molecular flexibility index (Phi) is 5.00. The number of pyridine rings is 1. The van der Waals surface area contributed by atoms with E-state index in [0.29, 0.717) is 23.7 Å². The molecule has 5 heteroatoms. The molecule has 5 nitrogen and oxygen atoms in total. The summed E-state index contributed by atoms with van der Waals surface area (Å²) < 4.78 is 15.1. The number of aromatic nitrogens is 1. The van der Waals surface area contributed by atoms with E-state index >= 15 is 0 Å². The number of rotatable bonds is 5. The van der Waals surface area contributed by atoms with Gasteiger partial charge in [0.2, 0.25) is 0 Å². The maximum Gasteiger partial charge on any atom is 0.330 e. The smallest absolute Gasteiger partial charge is 0.330 e. The minimum absolute atomic E-state index is 0.341. The lowest BCUT2D eigenvalue weighted by atomic mass is 10.2. The first-order valence-corrected chi connectivity index (χ1v) is 5.13. The molecule has 0 radical (unpaired) electrons. The highest BCUT2D eigenvalue weighted by molar-refractivity contribution is 5.88. The average molecular weight is 237 g/mol. The van der Waals surface area contributed by atoms with Crippen molar-refractivity contribution in [1.82, 2.24) is 4.98 Å². The highest BCUT2D eigenvalue weighted by Gasteiger charge is 2.07. The summed E-state index contributed by atoms with van der Waals surface area (Å²) in [4.78, 5) is 15.2. The van der Waals surface area contributed by atoms with E-state index in [-0.39, 0.29) is 0 Å². The molecular formula is C12H15NO4. The second-order valence-corrected chi connectivity index (χ2v) is 3.04. The van der Waals surface area contributed by atoms with Crippen LogP contribution in [0.4, 0.5) is 0 Å². The standard InChI is InChI=1S/C12H15NO4/c1-4-17-12(14)6-5-9-10(15-2)7-13-8-11(9)16-3/h5-8H,4H2,1-3H3. The largest absolute Gasteiger partial charge is 0.494 e. The zero-order valence-corrected chi connectivity index (χ0v) is 10.1. The Bertz CT molecular complexity index is 393. The van der Waals surface area contributed by atoms with Crippen LogP contribution in [0, 0.1) is 0 Å². The van der Waals surface area contributed by atoms with Gasteiger partial charge in [0.25, 0.3) is 0 Å². The van der Waals surface area contributed by atoms with Gasteiger partial charge in [-0.25, -0.2) is 4.79 Å². The van der Waals surface area contributed by atoms with Gasteiger partial charge in [0.15, 0.2) is 0 Å². The van der Waals surface area contributed by atoms with Gasteiger partial charge in [-0.2, -0.15) is 0 Å². The van der Waals surface area contributed by atoms with E-state index < -0.39 is 5.97 Å². The molecule has 0 bridgehead atoms. The van der Waals surface area contributed by atoms with Crippen LogP contribution in [0.15, 0.2) is 18.5 Å². The van der Waals surface area contributed by atoms with Gasteiger partial charge in [0, 0.05) is 6.08 Å². The van der Waals surface area contributed by atoms with Gasteiger partial charge in [-0.3, -0.25) is 4.98 Å². The van der Waals surface area contributed by atoms with Crippen molar-refractivity contribution in [2.24, 2.45) is 0 Å². The van der Waals surface area contributed by atoms with Crippen molar-refractivity contribution in [3.63, 3.8) is 0 Å². The lowest BCUT2D eigenvalue weighted by Gasteiger charge is -2.08. The predicted octanol–water partition coefficient (Wildman–Crippen LogP) is 1.68. The quantitative estimate of drug-likeness (QED) is 0.576. The summed E-state index contributed by atoms with van der Waals surface area (Å²) in [7, 11) is 3.05. The highest BCUT2D eigenvalue weighted by Crippen LogP contribution is 2.27. The topological polar surface area (TPSA) is 57.7 Å². The van der Waals surface area contributed by atoms with Crippen LogP contribution in [0.5, 0.6) is 11.5 Å². The van der Waals surface area contributed by atoms with Crippen LogP contribution in [0.2, 0.25) is 0 Å². The molecule has 0 fully saturated rings. The predicted molar refractivity (Wildman–Crippen MR) is 63.0 cm³/mol. The maximum atomic E-state index is 11.2. The Morgan fingerprint density at radius 1 is 1.29 bits per heavy atom. The Balaban J connectivity index is 2.99. The van der Waals surface area contributed by atoms with Crippen LogP contribution in [-0.4, -0.2) is 31.8 Å². The van der Waals surface area contributed by atoms with E-state index in [2.05, 4.69) is 4.98 Å². The third-order valence-electron chi connectivity index (χ3n) is 2.03. The van der Waals surface area contributed by atoms with Crippen LogP contribution in [0.1, 0.15) is 12.5 Å². The van der Waals surface area contributed by atoms with Crippen LogP contribution in [-0.2, 0) is 9.53 Å². The van der Waals surface area contributed by atoms with Gasteiger partial charge in [-0.1, -0.05) is 0 Å². The van der Waals surface area contributed by atoms with Gasteiger partial charge >= 0.3 is 5.97 Å². The number of ether oxygens (including phenoxy) is 3. The maximum absolute atomic E-state index is 11.2. The normalized spacial score (nSPS) is 10.3. The fourth-order valence-electron chi connectivity index (χ4n) is 1.26. The fourth-order valence-corrected chi connectivity index (χ4v) is 1.26. The Morgan fingerprint density at radius 3 is 2.35 bits per heavy atom. The fraction of sp³-hybridized carbons (Fsp3) is 0.333. The van der Waals surface area contributed by atoms with Crippen molar-refractivity contribution in [2.75, 3.05) is 20.8 Å². The Labute approximate surface area is 100 Å². The van der Waals surface area contributed by atoms with E-state index in [1.54, 1.807) is 25.4 Å². The summed E-state index contributed by atoms with van der Waals surface area (Å²) in [5, 5.41) is 0. The number of nitrogens with zero attached hydrogens (tertiary/aromatic N) is 1. The van der Waals surface area contributed by atoms with E-state index in [1.807, 2.05) is 0 Å². The molecule has 0 aliphatic rings. The molecule has 0 spiro atoms. The number of methoxy groups -OCH3 is 2. The molecule has 0 aliphatic heterocycles. The number of carbonyl (C=O) groups excluding carboxylic acids is 1. The number of esters is 1. The average Bonchev–Trinajstić information content (AvgIpc) is 2.36. The van der Waals surface area contributed by atoms with E-state index in [4.69, 9.17) is 14.2 Å². The molecule has 92 valence electrons. The molecular weight excluding hydrogens is 222 g/mol. The molecule has 0 N–H and O–H groups in total. The van der Waals surface area contributed by atoms with Crippen molar-refractivity contribution in [2.45, 2.75) is 6.92 Å². The third kappa shape index (κ3) is 3.48. The molecule has 0 atom stereocenters. The van der Waals surface area contributed by atoms with E-state index in [1.165, 1.54) is 20.3 Å². The highest BCUT2D eigenvalue weighted by atomic mass is 16.5. The summed E-state index contributed by atoms with van der Waals surface area (Å²) in [5.41, 5.74) is 0.651. The second-order valence-electron chi connectivity index (χ2n) is 3.04. The van der Waals surface area contributed by atoms with E-state index in [0.717, 1.165) is 0 Å². The molecule has 1 rings (SSSR count). The van der Waals surface area contributed by atoms with Gasteiger partial charge in [-0.15, -0.1) is 0 Å². The molecule has 1 aromatic rings. The van der Waals surface area contributed by atoms with Crippen molar-refractivity contribution in [3.8, 4) is 11.5 Å². The van der Waals surface area contributed by atoms with Crippen molar-refractivity contribution in [1.29, 1.82) is 0 Å². The number of hydrogen-bond donors (Lipinski definition) is 0. The molecule has 0 unspecified atom stereocenters.